The highest BCUT2D eigenvalue weighted by atomic mass is 19.1. The van der Waals surface area contributed by atoms with Gasteiger partial charge in [-0.05, 0) is 55.4 Å². The van der Waals surface area contributed by atoms with Crippen LogP contribution >= 0.6 is 0 Å². The molecule has 0 spiro atoms. The second kappa shape index (κ2) is 9.11. The summed E-state index contributed by atoms with van der Waals surface area (Å²) in [6, 6.07) is 7.49. The lowest BCUT2D eigenvalue weighted by Gasteiger charge is -2.32. The average molecular weight is 468 g/mol. The van der Waals surface area contributed by atoms with Crippen molar-refractivity contribution in [1.82, 2.24) is 14.8 Å². The van der Waals surface area contributed by atoms with E-state index in [2.05, 4.69) is 5.10 Å². The Balaban J connectivity index is 1.23. The van der Waals surface area contributed by atoms with E-state index >= 15 is 0 Å². The Morgan fingerprint density at radius 3 is 2.50 bits per heavy atom. The first kappa shape index (κ1) is 22.4. The number of halogens is 3. The SMILES string of the molecule is N#Cc1cc2cnn(C[C@H]3CC[C@H](C(=O)N4OCC[C@H]4c4cc(F)cc(F)c4)CC3)c2cc1F. The van der Waals surface area contributed by atoms with E-state index in [0.29, 0.717) is 48.9 Å². The highest BCUT2D eigenvalue weighted by Crippen LogP contribution is 2.37. The van der Waals surface area contributed by atoms with Gasteiger partial charge in [0.2, 0.25) is 5.91 Å². The number of hydrogen-bond donors (Lipinski definition) is 0. The summed E-state index contributed by atoms with van der Waals surface area (Å²) in [5, 5.41) is 15.4. The van der Waals surface area contributed by atoms with Crippen LogP contribution in [0.15, 0.2) is 36.5 Å². The third-order valence-corrected chi connectivity index (χ3v) is 6.87. The quantitative estimate of drug-likeness (QED) is 0.538. The molecule has 2 fully saturated rings. The standard InChI is InChI=1S/C25H23F3N4O2/c26-20-8-17(9-21(27)10-20)23-5-6-34-32(23)25(33)16-3-1-15(2-4-16)14-31-24-11-22(28)18(12-29)7-19(24)13-30-31/h7-11,13,15-16,23H,1-6,14H2/t15-,16-,23-/m0/s1. The normalized spacial score (nSPS) is 22.8. The molecule has 1 aliphatic carbocycles. The summed E-state index contributed by atoms with van der Waals surface area (Å²) < 4.78 is 43.2. The molecule has 2 aliphatic rings. The summed E-state index contributed by atoms with van der Waals surface area (Å²) in [4.78, 5) is 18.7. The number of hydrogen-bond acceptors (Lipinski definition) is 4. The largest absolute Gasteiger partial charge is 0.272 e. The van der Waals surface area contributed by atoms with Crippen molar-refractivity contribution in [2.75, 3.05) is 6.61 Å². The minimum absolute atomic E-state index is 0.00511. The average Bonchev–Trinajstić information content (AvgIpc) is 3.45. The summed E-state index contributed by atoms with van der Waals surface area (Å²) in [5.41, 5.74) is 1.04. The molecule has 0 radical (unpaired) electrons. The number of fused-ring (bicyclic) bond motifs is 1. The number of hydroxylamine groups is 2. The molecule has 0 bridgehead atoms. The van der Waals surface area contributed by atoms with Crippen LogP contribution in [0.1, 0.15) is 49.3 Å². The fraction of sp³-hybridized carbons (Fsp3) is 0.400. The highest BCUT2D eigenvalue weighted by Gasteiger charge is 2.37. The zero-order chi connectivity index (χ0) is 23.8. The maximum absolute atomic E-state index is 14.1. The predicted octanol–water partition coefficient (Wildman–Crippen LogP) is 5.04. The smallest absolute Gasteiger partial charge is 0.249 e. The van der Waals surface area contributed by atoms with Crippen LogP contribution in [0.3, 0.4) is 0 Å². The maximum atomic E-state index is 14.1. The van der Waals surface area contributed by atoms with Crippen molar-refractivity contribution < 1.29 is 22.8 Å². The van der Waals surface area contributed by atoms with Crippen LogP contribution in [-0.4, -0.2) is 27.4 Å². The number of aromatic nitrogens is 2. The van der Waals surface area contributed by atoms with Crippen molar-refractivity contribution in [1.29, 1.82) is 5.26 Å². The zero-order valence-corrected chi connectivity index (χ0v) is 18.4. The lowest BCUT2D eigenvalue weighted by Crippen LogP contribution is -2.37. The molecule has 0 unspecified atom stereocenters. The van der Waals surface area contributed by atoms with Crippen LogP contribution in [0, 0.1) is 40.6 Å². The second-order valence-electron chi connectivity index (χ2n) is 9.05. The second-order valence-corrected chi connectivity index (χ2v) is 9.05. The Labute approximate surface area is 194 Å². The summed E-state index contributed by atoms with van der Waals surface area (Å²) in [7, 11) is 0. The Morgan fingerprint density at radius 1 is 1.06 bits per heavy atom. The van der Waals surface area contributed by atoms with E-state index in [9.17, 15) is 18.0 Å². The van der Waals surface area contributed by atoms with Crippen LogP contribution < -0.4 is 0 Å². The van der Waals surface area contributed by atoms with Crippen molar-refractivity contribution in [2.45, 2.75) is 44.7 Å². The minimum atomic E-state index is -0.676. The van der Waals surface area contributed by atoms with Gasteiger partial charge in [-0.3, -0.25) is 14.3 Å². The third-order valence-electron chi connectivity index (χ3n) is 6.87. The molecule has 1 saturated carbocycles. The fourth-order valence-corrected chi connectivity index (χ4v) is 5.10. The van der Waals surface area contributed by atoms with Gasteiger partial charge in [-0.15, -0.1) is 0 Å². The van der Waals surface area contributed by atoms with Crippen LogP contribution in [0.4, 0.5) is 13.2 Å². The van der Waals surface area contributed by atoms with Gasteiger partial charge in [-0.2, -0.15) is 10.4 Å². The molecule has 34 heavy (non-hydrogen) atoms. The van der Waals surface area contributed by atoms with E-state index < -0.39 is 23.5 Å². The number of benzene rings is 2. The van der Waals surface area contributed by atoms with Crippen molar-refractivity contribution in [2.24, 2.45) is 11.8 Å². The lowest BCUT2D eigenvalue weighted by atomic mass is 9.81. The van der Waals surface area contributed by atoms with E-state index in [0.717, 1.165) is 18.9 Å². The van der Waals surface area contributed by atoms with Crippen LogP contribution in [0.25, 0.3) is 10.9 Å². The number of carbonyl (C=O) groups excluding carboxylic acids is 1. The molecule has 0 N–H and O–H groups in total. The van der Waals surface area contributed by atoms with Gasteiger partial charge in [0, 0.05) is 36.4 Å². The Kier molecular flexibility index (Phi) is 6.00. The van der Waals surface area contributed by atoms with Gasteiger partial charge in [0.15, 0.2) is 0 Å². The van der Waals surface area contributed by atoms with Gasteiger partial charge in [0.1, 0.15) is 23.5 Å². The molecular weight excluding hydrogens is 445 g/mol. The summed E-state index contributed by atoms with van der Waals surface area (Å²) in [6.45, 7) is 0.918. The molecule has 3 aromatic rings. The molecule has 9 heteroatoms. The first-order chi connectivity index (χ1) is 16.4. The Bertz CT molecular complexity index is 1260. The third kappa shape index (κ3) is 4.26. The van der Waals surface area contributed by atoms with Gasteiger partial charge in [-0.1, -0.05) is 0 Å². The van der Waals surface area contributed by atoms with E-state index in [-0.39, 0.29) is 23.3 Å². The molecule has 5 rings (SSSR count). The molecule has 1 aliphatic heterocycles. The molecule has 2 aromatic carbocycles. The van der Waals surface area contributed by atoms with Gasteiger partial charge >= 0.3 is 0 Å². The van der Waals surface area contributed by atoms with Crippen molar-refractivity contribution in [3.8, 4) is 6.07 Å². The number of carbonyl (C=O) groups is 1. The van der Waals surface area contributed by atoms with Crippen molar-refractivity contribution in [3.63, 3.8) is 0 Å². The molecule has 1 aromatic heterocycles. The molecule has 2 heterocycles. The molecular formula is C25H23F3N4O2. The topological polar surface area (TPSA) is 71.2 Å². The monoisotopic (exact) mass is 468 g/mol. The molecule has 176 valence electrons. The van der Waals surface area contributed by atoms with E-state index in [1.54, 1.807) is 10.9 Å². The van der Waals surface area contributed by atoms with Crippen LogP contribution in [0.5, 0.6) is 0 Å². The van der Waals surface area contributed by atoms with Gasteiger partial charge in [-0.25, -0.2) is 18.2 Å². The zero-order valence-electron chi connectivity index (χ0n) is 18.4. The highest BCUT2D eigenvalue weighted by molar-refractivity contribution is 5.80. The summed E-state index contributed by atoms with van der Waals surface area (Å²) in [6.07, 6.45) is 5.04. The van der Waals surface area contributed by atoms with Gasteiger partial charge < -0.3 is 0 Å². The maximum Gasteiger partial charge on any atom is 0.249 e. The van der Waals surface area contributed by atoms with E-state index in [4.69, 9.17) is 10.1 Å². The van der Waals surface area contributed by atoms with E-state index in [1.165, 1.54) is 29.3 Å². The Hall–Kier alpha value is -3.38. The Morgan fingerprint density at radius 2 is 1.79 bits per heavy atom. The molecule has 1 saturated heterocycles. The molecule has 6 nitrogen and oxygen atoms in total. The predicted molar refractivity (Wildman–Crippen MR) is 116 cm³/mol. The first-order valence-electron chi connectivity index (χ1n) is 11.4. The first-order valence-corrected chi connectivity index (χ1v) is 11.4. The van der Waals surface area contributed by atoms with Crippen molar-refractivity contribution in [3.05, 3.63) is 65.1 Å². The minimum Gasteiger partial charge on any atom is -0.272 e. The molecule has 1 atom stereocenters. The van der Waals surface area contributed by atoms with Gasteiger partial charge in [0.25, 0.3) is 0 Å². The number of nitrogens with zero attached hydrogens (tertiary/aromatic N) is 4. The lowest BCUT2D eigenvalue weighted by molar-refractivity contribution is -0.183. The van der Waals surface area contributed by atoms with Crippen LogP contribution in [-0.2, 0) is 16.2 Å². The molecule has 1 amide bonds. The van der Waals surface area contributed by atoms with Crippen molar-refractivity contribution >= 4 is 16.8 Å². The number of rotatable bonds is 4. The van der Waals surface area contributed by atoms with E-state index in [1.807, 2.05) is 6.07 Å². The summed E-state index contributed by atoms with van der Waals surface area (Å²) in [5.74, 6) is -2.02. The number of nitriles is 1. The van der Waals surface area contributed by atoms with Gasteiger partial charge in [0.05, 0.1) is 29.9 Å². The van der Waals surface area contributed by atoms with Crippen LogP contribution in [0.2, 0.25) is 0 Å². The summed E-state index contributed by atoms with van der Waals surface area (Å²) >= 11 is 0. The fourth-order valence-electron chi connectivity index (χ4n) is 5.10. The number of amides is 1.